The van der Waals surface area contributed by atoms with Crippen LogP contribution in [-0.2, 0) is 0 Å². The van der Waals surface area contributed by atoms with Crippen molar-refractivity contribution in [3.63, 3.8) is 0 Å². The van der Waals surface area contributed by atoms with E-state index in [1.165, 1.54) is 57.8 Å². The number of rotatable bonds is 5. The molecule has 0 aromatic rings. The monoisotopic (exact) mass is 543 g/mol. The maximum atomic E-state index is 12.1. The molecule has 0 saturated heterocycles. The maximum Gasteiger partial charge on any atom is 0.0656 e. The Bertz CT molecular complexity index is 859. The number of hydrogen-bond acceptors (Lipinski definition) is 2. The van der Waals surface area contributed by atoms with E-state index in [0.29, 0.717) is 29.1 Å². The van der Waals surface area contributed by atoms with Gasteiger partial charge in [-0.05, 0) is 115 Å². The van der Waals surface area contributed by atoms with Gasteiger partial charge in [-0.3, -0.25) is 0 Å². The van der Waals surface area contributed by atoms with Gasteiger partial charge in [0.15, 0.2) is 0 Å². The first kappa shape index (κ1) is 30.4. The number of aliphatic hydroxyl groups is 2. The van der Waals surface area contributed by atoms with Crippen LogP contribution in [0.4, 0.5) is 0 Å². The highest BCUT2D eigenvalue weighted by Gasteiger charge is 2.70. The van der Waals surface area contributed by atoms with Crippen LogP contribution >= 0.6 is 0 Å². The second-order valence-electron chi connectivity index (χ2n) is 17.7. The summed E-state index contributed by atoms with van der Waals surface area (Å²) < 4.78 is 0. The van der Waals surface area contributed by atoms with Gasteiger partial charge in [0.05, 0.1) is 12.2 Å². The van der Waals surface area contributed by atoms with Gasteiger partial charge in [0.1, 0.15) is 0 Å². The molecular formula is C37H66O2. The van der Waals surface area contributed by atoms with E-state index in [1.807, 2.05) is 6.92 Å². The van der Waals surface area contributed by atoms with Gasteiger partial charge >= 0.3 is 0 Å². The Morgan fingerprint density at radius 1 is 0.872 bits per heavy atom. The third-order valence-corrected chi connectivity index (χ3v) is 15.5. The molecule has 39 heavy (non-hydrogen) atoms. The molecule has 226 valence electrons. The van der Waals surface area contributed by atoms with Crippen molar-refractivity contribution in [3.05, 3.63) is 0 Å². The summed E-state index contributed by atoms with van der Waals surface area (Å²) in [5, 5.41) is 22.9. The molecule has 0 spiro atoms. The highest BCUT2D eigenvalue weighted by Crippen LogP contribution is 2.74. The lowest BCUT2D eigenvalue weighted by atomic mass is 9.32. The Kier molecular flexibility index (Phi) is 8.24. The fraction of sp³-hybridized carbons (Fsp3) is 1.00. The molecule has 15 atom stereocenters. The van der Waals surface area contributed by atoms with Gasteiger partial charge in [-0.25, -0.2) is 0 Å². The van der Waals surface area contributed by atoms with E-state index in [-0.39, 0.29) is 16.7 Å². The van der Waals surface area contributed by atoms with Gasteiger partial charge in [0, 0.05) is 11.3 Å². The van der Waals surface area contributed by atoms with Crippen molar-refractivity contribution in [1.29, 1.82) is 0 Å². The van der Waals surface area contributed by atoms with Crippen molar-refractivity contribution in [2.24, 2.45) is 87.3 Å². The smallest absolute Gasteiger partial charge is 0.0656 e. The standard InChI is InChI=1S/C37H66O2/c1-21(2)29-17-28(16-15-27-13-11-12-14-27)23(4)32-24(5)33-25(6)37(10)34(39)31(26(7)38)22(3)18-36(37,9)20-35(33,8)19-30(29)32/h21-34,38-39H,11-20H2,1-10H3. The van der Waals surface area contributed by atoms with E-state index in [1.54, 1.807) is 0 Å². The van der Waals surface area contributed by atoms with E-state index >= 15 is 0 Å². The maximum absolute atomic E-state index is 12.1. The zero-order valence-electron chi connectivity index (χ0n) is 27.5. The molecule has 2 heteroatoms. The minimum Gasteiger partial charge on any atom is -0.393 e. The van der Waals surface area contributed by atoms with Crippen LogP contribution in [0.2, 0.25) is 0 Å². The van der Waals surface area contributed by atoms with Gasteiger partial charge in [0.2, 0.25) is 0 Å². The fourth-order valence-electron chi connectivity index (χ4n) is 13.8. The third-order valence-electron chi connectivity index (χ3n) is 15.5. The van der Waals surface area contributed by atoms with E-state index in [4.69, 9.17) is 0 Å². The summed E-state index contributed by atoms with van der Waals surface area (Å²) in [6.45, 7) is 24.8. The molecular weight excluding hydrogens is 476 g/mol. The summed E-state index contributed by atoms with van der Waals surface area (Å²) in [7, 11) is 0. The van der Waals surface area contributed by atoms with Gasteiger partial charge in [-0.15, -0.1) is 0 Å². The molecule has 5 fully saturated rings. The molecule has 0 aliphatic heterocycles. The molecule has 0 radical (unpaired) electrons. The fourth-order valence-corrected chi connectivity index (χ4v) is 13.8. The van der Waals surface area contributed by atoms with Crippen LogP contribution in [0.3, 0.4) is 0 Å². The van der Waals surface area contributed by atoms with Crippen molar-refractivity contribution in [1.82, 2.24) is 0 Å². The second-order valence-corrected chi connectivity index (χ2v) is 17.7. The molecule has 0 heterocycles. The molecule has 0 bridgehead atoms. The average Bonchev–Trinajstić information content (AvgIpc) is 3.34. The minimum atomic E-state index is -0.448. The van der Waals surface area contributed by atoms with Crippen molar-refractivity contribution in [2.75, 3.05) is 0 Å². The predicted molar refractivity (Wildman–Crippen MR) is 164 cm³/mol. The molecule has 0 amide bonds. The number of fused-ring (bicyclic) bond motifs is 3. The first-order valence-electron chi connectivity index (χ1n) is 17.5. The second kappa shape index (κ2) is 10.6. The summed E-state index contributed by atoms with van der Waals surface area (Å²) in [6, 6.07) is 0. The Morgan fingerprint density at radius 3 is 2.10 bits per heavy atom. The summed E-state index contributed by atoms with van der Waals surface area (Å²) in [4.78, 5) is 0. The lowest BCUT2D eigenvalue weighted by molar-refractivity contribution is -0.271. The zero-order chi connectivity index (χ0) is 28.7. The first-order valence-corrected chi connectivity index (χ1v) is 17.5. The van der Waals surface area contributed by atoms with Crippen molar-refractivity contribution < 1.29 is 10.2 Å². The lowest BCUT2D eigenvalue weighted by Gasteiger charge is -2.72. The van der Waals surface area contributed by atoms with Gasteiger partial charge in [0.25, 0.3) is 0 Å². The Hall–Kier alpha value is -0.0800. The summed E-state index contributed by atoms with van der Waals surface area (Å²) in [5.74, 6) is 8.20. The highest BCUT2D eigenvalue weighted by atomic mass is 16.3. The minimum absolute atomic E-state index is 0.0135. The Labute approximate surface area is 242 Å². The number of hydrogen-bond donors (Lipinski definition) is 2. The van der Waals surface area contributed by atoms with Crippen LogP contribution in [0.15, 0.2) is 0 Å². The Balaban J connectivity index is 1.48. The summed E-state index contributed by atoms with van der Waals surface area (Å²) >= 11 is 0. The van der Waals surface area contributed by atoms with Crippen LogP contribution in [0.1, 0.15) is 133 Å². The van der Waals surface area contributed by atoms with E-state index in [0.717, 1.165) is 47.8 Å². The van der Waals surface area contributed by atoms with Gasteiger partial charge in [-0.2, -0.15) is 0 Å². The molecule has 5 rings (SSSR count). The van der Waals surface area contributed by atoms with E-state index in [2.05, 4.69) is 62.3 Å². The first-order chi connectivity index (χ1) is 18.2. The highest BCUT2D eigenvalue weighted by molar-refractivity contribution is 5.18. The normalized spacial score (nSPS) is 55.2. The Morgan fingerprint density at radius 2 is 1.51 bits per heavy atom. The van der Waals surface area contributed by atoms with E-state index in [9.17, 15) is 10.2 Å². The van der Waals surface area contributed by atoms with Crippen LogP contribution < -0.4 is 0 Å². The molecule has 5 saturated carbocycles. The zero-order valence-corrected chi connectivity index (χ0v) is 27.5. The molecule has 5 aliphatic rings. The average molecular weight is 543 g/mol. The van der Waals surface area contributed by atoms with Crippen LogP contribution in [0, 0.1) is 87.3 Å². The molecule has 5 aliphatic carbocycles. The molecule has 0 aromatic heterocycles. The van der Waals surface area contributed by atoms with Crippen LogP contribution in [0.5, 0.6) is 0 Å². The molecule has 15 unspecified atom stereocenters. The van der Waals surface area contributed by atoms with Crippen LogP contribution in [-0.4, -0.2) is 22.4 Å². The topological polar surface area (TPSA) is 40.5 Å². The van der Waals surface area contributed by atoms with Crippen molar-refractivity contribution in [2.45, 2.75) is 146 Å². The largest absolute Gasteiger partial charge is 0.393 e. The van der Waals surface area contributed by atoms with Crippen molar-refractivity contribution in [3.8, 4) is 0 Å². The SMILES string of the molecule is CC(C)C1CC(CCC2CCCC2)C(C)C2C(C)C3C(C)C4(C)C(O)C(C(C)O)C(C)CC4(C)CC3(C)CC12. The molecule has 2 nitrogen and oxygen atoms in total. The summed E-state index contributed by atoms with van der Waals surface area (Å²) in [5.41, 5.74) is 0.310. The lowest BCUT2D eigenvalue weighted by Crippen LogP contribution is -2.69. The predicted octanol–water partition coefficient (Wildman–Crippen LogP) is 9.23. The quantitative estimate of drug-likeness (QED) is 0.363. The van der Waals surface area contributed by atoms with Gasteiger partial charge in [-0.1, -0.05) is 94.4 Å². The third kappa shape index (κ3) is 4.62. The molecule has 0 aromatic carbocycles. The molecule has 2 N–H and O–H groups in total. The van der Waals surface area contributed by atoms with Crippen molar-refractivity contribution >= 4 is 0 Å². The number of aliphatic hydroxyl groups excluding tert-OH is 2. The van der Waals surface area contributed by atoms with Crippen LogP contribution in [0.25, 0.3) is 0 Å². The van der Waals surface area contributed by atoms with Gasteiger partial charge < -0.3 is 10.2 Å². The van der Waals surface area contributed by atoms with E-state index < -0.39 is 12.2 Å². The summed E-state index contributed by atoms with van der Waals surface area (Å²) in [6.07, 6.45) is 13.2.